The SMILES string of the molecule is CCCOc1ccc(-c2c(C(=O)O)c(C)nn2C)cc1OC. The highest BCUT2D eigenvalue weighted by Gasteiger charge is 2.21. The molecule has 1 aromatic heterocycles. The van der Waals surface area contributed by atoms with E-state index in [2.05, 4.69) is 5.10 Å². The normalized spacial score (nSPS) is 10.5. The minimum Gasteiger partial charge on any atom is -0.493 e. The van der Waals surface area contributed by atoms with Crippen LogP contribution in [0.2, 0.25) is 0 Å². The lowest BCUT2D eigenvalue weighted by atomic mass is 10.1. The van der Waals surface area contributed by atoms with Crippen molar-refractivity contribution in [1.29, 1.82) is 0 Å². The maximum absolute atomic E-state index is 11.5. The van der Waals surface area contributed by atoms with E-state index in [0.717, 1.165) is 12.0 Å². The number of rotatable bonds is 6. The molecule has 22 heavy (non-hydrogen) atoms. The molecule has 1 heterocycles. The molecule has 0 amide bonds. The van der Waals surface area contributed by atoms with E-state index in [1.807, 2.05) is 13.0 Å². The van der Waals surface area contributed by atoms with Crippen molar-refractivity contribution in [2.24, 2.45) is 7.05 Å². The van der Waals surface area contributed by atoms with E-state index < -0.39 is 5.97 Å². The van der Waals surface area contributed by atoms with Gasteiger partial charge >= 0.3 is 5.97 Å². The zero-order valence-corrected chi connectivity index (χ0v) is 13.2. The number of methoxy groups -OCH3 is 1. The Bertz CT molecular complexity index is 692. The molecule has 0 radical (unpaired) electrons. The predicted molar refractivity (Wildman–Crippen MR) is 82.7 cm³/mol. The molecule has 0 aliphatic rings. The summed E-state index contributed by atoms with van der Waals surface area (Å²) in [5, 5.41) is 13.6. The van der Waals surface area contributed by atoms with Gasteiger partial charge in [0.2, 0.25) is 0 Å². The van der Waals surface area contributed by atoms with Gasteiger partial charge in [0.05, 0.1) is 25.1 Å². The monoisotopic (exact) mass is 304 g/mol. The number of hydrogen-bond acceptors (Lipinski definition) is 4. The predicted octanol–water partition coefficient (Wildman–Crippen LogP) is 2.89. The van der Waals surface area contributed by atoms with Gasteiger partial charge in [-0.2, -0.15) is 5.10 Å². The first kappa shape index (κ1) is 15.9. The fraction of sp³-hybridized carbons (Fsp3) is 0.375. The first-order chi connectivity index (χ1) is 10.5. The molecule has 0 fully saturated rings. The van der Waals surface area contributed by atoms with Crippen molar-refractivity contribution in [3.8, 4) is 22.8 Å². The third-order valence-corrected chi connectivity index (χ3v) is 3.33. The van der Waals surface area contributed by atoms with Gasteiger partial charge in [0, 0.05) is 12.6 Å². The second-order valence-electron chi connectivity index (χ2n) is 4.95. The van der Waals surface area contributed by atoms with Crippen LogP contribution in [-0.4, -0.2) is 34.6 Å². The Morgan fingerprint density at radius 2 is 2.09 bits per heavy atom. The molecule has 0 saturated heterocycles. The summed E-state index contributed by atoms with van der Waals surface area (Å²) < 4.78 is 12.5. The van der Waals surface area contributed by atoms with Crippen molar-refractivity contribution >= 4 is 5.97 Å². The zero-order valence-electron chi connectivity index (χ0n) is 13.2. The van der Waals surface area contributed by atoms with Gasteiger partial charge in [-0.1, -0.05) is 6.92 Å². The number of aromatic carboxylic acids is 1. The summed E-state index contributed by atoms with van der Waals surface area (Å²) in [4.78, 5) is 11.5. The van der Waals surface area contributed by atoms with Crippen molar-refractivity contribution in [2.75, 3.05) is 13.7 Å². The minimum atomic E-state index is -0.995. The number of benzene rings is 1. The number of nitrogens with zero attached hydrogens (tertiary/aromatic N) is 2. The first-order valence-electron chi connectivity index (χ1n) is 7.07. The van der Waals surface area contributed by atoms with E-state index in [4.69, 9.17) is 9.47 Å². The number of aryl methyl sites for hydroxylation is 2. The molecule has 2 aromatic rings. The molecule has 6 nitrogen and oxygen atoms in total. The van der Waals surface area contributed by atoms with Gasteiger partial charge in [-0.15, -0.1) is 0 Å². The Kier molecular flexibility index (Phi) is 4.70. The average Bonchev–Trinajstić information content (AvgIpc) is 2.79. The van der Waals surface area contributed by atoms with Crippen molar-refractivity contribution in [3.05, 3.63) is 29.5 Å². The molecule has 6 heteroatoms. The van der Waals surface area contributed by atoms with Crippen LogP contribution in [0.5, 0.6) is 11.5 Å². The van der Waals surface area contributed by atoms with Crippen molar-refractivity contribution < 1.29 is 19.4 Å². The fourth-order valence-corrected chi connectivity index (χ4v) is 2.39. The summed E-state index contributed by atoms with van der Waals surface area (Å²) in [7, 11) is 3.28. The summed E-state index contributed by atoms with van der Waals surface area (Å²) in [6.45, 7) is 4.31. The van der Waals surface area contributed by atoms with Crippen LogP contribution in [0.1, 0.15) is 29.4 Å². The van der Waals surface area contributed by atoms with Crippen molar-refractivity contribution in [3.63, 3.8) is 0 Å². The van der Waals surface area contributed by atoms with Crippen LogP contribution in [0.25, 0.3) is 11.3 Å². The lowest BCUT2D eigenvalue weighted by molar-refractivity contribution is 0.0697. The Morgan fingerprint density at radius 3 is 2.68 bits per heavy atom. The molecule has 0 aliphatic heterocycles. The Balaban J connectivity index is 2.52. The minimum absolute atomic E-state index is 0.201. The van der Waals surface area contributed by atoms with Crippen molar-refractivity contribution in [1.82, 2.24) is 9.78 Å². The van der Waals surface area contributed by atoms with Gasteiger partial charge in [-0.25, -0.2) is 4.79 Å². The number of carboxylic acids is 1. The number of carboxylic acid groups (broad SMARTS) is 1. The largest absolute Gasteiger partial charge is 0.493 e. The Hall–Kier alpha value is -2.50. The van der Waals surface area contributed by atoms with E-state index in [9.17, 15) is 9.90 Å². The molecule has 0 spiro atoms. The second-order valence-corrected chi connectivity index (χ2v) is 4.95. The fourth-order valence-electron chi connectivity index (χ4n) is 2.39. The van der Waals surface area contributed by atoms with Gasteiger partial charge in [-0.05, 0) is 31.5 Å². The highest BCUT2D eigenvalue weighted by Crippen LogP contribution is 2.34. The van der Waals surface area contributed by atoms with Gasteiger partial charge < -0.3 is 14.6 Å². The lowest BCUT2D eigenvalue weighted by Crippen LogP contribution is -2.02. The van der Waals surface area contributed by atoms with Crippen LogP contribution in [0.4, 0.5) is 0 Å². The lowest BCUT2D eigenvalue weighted by Gasteiger charge is -2.12. The maximum Gasteiger partial charge on any atom is 0.339 e. The van der Waals surface area contributed by atoms with E-state index in [-0.39, 0.29) is 5.56 Å². The van der Waals surface area contributed by atoms with E-state index in [0.29, 0.717) is 29.5 Å². The molecular formula is C16H20N2O4. The molecule has 0 saturated carbocycles. The number of hydrogen-bond donors (Lipinski definition) is 1. The summed E-state index contributed by atoms with van der Waals surface area (Å²) in [5.41, 5.74) is 1.95. The molecule has 2 rings (SSSR count). The van der Waals surface area contributed by atoms with Crippen LogP contribution < -0.4 is 9.47 Å². The van der Waals surface area contributed by atoms with E-state index >= 15 is 0 Å². The molecular weight excluding hydrogens is 284 g/mol. The quantitative estimate of drug-likeness (QED) is 0.888. The first-order valence-corrected chi connectivity index (χ1v) is 7.07. The van der Waals surface area contributed by atoms with Gasteiger partial charge in [0.15, 0.2) is 11.5 Å². The molecule has 1 aromatic carbocycles. The van der Waals surface area contributed by atoms with Crippen LogP contribution in [0, 0.1) is 6.92 Å². The molecule has 0 atom stereocenters. The molecule has 1 N–H and O–H groups in total. The Morgan fingerprint density at radius 1 is 1.36 bits per heavy atom. The third-order valence-electron chi connectivity index (χ3n) is 3.33. The van der Waals surface area contributed by atoms with Gasteiger partial charge in [0.1, 0.15) is 5.56 Å². The average molecular weight is 304 g/mol. The van der Waals surface area contributed by atoms with Gasteiger partial charge in [0.25, 0.3) is 0 Å². The maximum atomic E-state index is 11.5. The molecule has 118 valence electrons. The van der Waals surface area contributed by atoms with E-state index in [1.54, 1.807) is 37.9 Å². The zero-order chi connectivity index (χ0) is 16.3. The van der Waals surface area contributed by atoms with Crippen LogP contribution >= 0.6 is 0 Å². The summed E-state index contributed by atoms with van der Waals surface area (Å²) in [6, 6.07) is 5.38. The molecule has 0 unspecified atom stereocenters. The van der Waals surface area contributed by atoms with E-state index in [1.165, 1.54) is 0 Å². The smallest absolute Gasteiger partial charge is 0.339 e. The number of aromatic nitrogens is 2. The van der Waals surface area contributed by atoms with Crippen molar-refractivity contribution in [2.45, 2.75) is 20.3 Å². The third kappa shape index (κ3) is 2.90. The topological polar surface area (TPSA) is 73.6 Å². The molecule has 0 bridgehead atoms. The highest BCUT2D eigenvalue weighted by molar-refractivity contribution is 5.96. The van der Waals surface area contributed by atoms with Crippen LogP contribution in [0.3, 0.4) is 0 Å². The highest BCUT2D eigenvalue weighted by atomic mass is 16.5. The number of ether oxygens (including phenoxy) is 2. The molecule has 0 aliphatic carbocycles. The Labute approximate surface area is 129 Å². The standard InChI is InChI=1S/C16H20N2O4/c1-5-8-22-12-7-6-11(9-13(12)21-4)15-14(16(19)20)10(2)17-18(15)3/h6-7,9H,5,8H2,1-4H3,(H,19,20). The summed E-state index contributed by atoms with van der Waals surface area (Å²) in [6.07, 6.45) is 0.898. The van der Waals surface area contributed by atoms with Crippen LogP contribution in [0.15, 0.2) is 18.2 Å². The summed E-state index contributed by atoms with van der Waals surface area (Å²) in [5.74, 6) is 0.218. The van der Waals surface area contributed by atoms with Crippen LogP contribution in [-0.2, 0) is 7.05 Å². The summed E-state index contributed by atoms with van der Waals surface area (Å²) >= 11 is 0. The number of carbonyl (C=O) groups is 1. The second kappa shape index (κ2) is 6.51. The van der Waals surface area contributed by atoms with Gasteiger partial charge in [-0.3, -0.25) is 4.68 Å².